The first-order valence-corrected chi connectivity index (χ1v) is 12.2. The van der Waals surface area contributed by atoms with Crippen LogP contribution in [0.5, 0.6) is 0 Å². The number of rotatable bonds is 12. The van der Waals surface area contributed by atoms with Crippen LogP contribution < -0.4 is 0 Å². The summed E-state index contributed by atoms with van der Waals surface area (Å²) in [5, 5.41) is 12.1. The molecule has 4 nitrogen and oxygen atoms in total. The fourth-order valence-corrected chi connectivity index (χ4v) is 9.00. The summed E-state index contributed by atoms with van der Waals surface area (Å²) in [4.78, 5) is 0. The Morgan fingerprint density at radius 3 is 1.32 bits per heavy atom. The van der Waals surface area contributed by atoms with Gasteiger partial charge in [0.2, 0.25) is 0 Å². The van der Waals surface area contributed by atoms with Crippen molar-refractivity contribution in [1.82, 2.24) is 20.6 Å². The molecule has 1 aromatic rings. The molecule has 132 valence electrons. The van der Waals surface area contributed by atoms with Gasteiger partial charge < -0.3 is 0 Å². The molecule has 1 rings (SSSR count). The van der Waals surface area contributed by atoms with Gasteiger partial charge in [-0.1, -0.05) is 0 Å². The topological polar surface area (TPSA) is 54.5 Å². The van der Waals surface area contributed by atoms with Gasteiger partial charge in [0.25, 0.3) is 0 Å². The Morgan fingerprint density at radius 1 is 0.727 bits per heavy atom. The van der Waals surface area contributed by atoms with Crippen LogP contribution in [-0.2, 0) is 0 Å². The Kier molecular flexibility index (Phi) is 15.0. The average molecular weight is 331 g/mol. The number of aromatic nitrogens is 4. The molecule has 0 bridgehead atoms. The summed E-state index contributed by atoms with van der Waals surface area (Å²) >= 11 is 0. The number of aromatic amines is 1. The maximum atomic E-state index is 3.31. The summed E-state index contributed by atoms with van der Waals surface area (Å²) in [5.41, 5.74) is 0. The Hall–Kier alpha value is -0.500. The molecule has 0 spiro atoms. The smallest absolute Gasteiger partial charge is 0.135 e. The minimum absolute atomic E-state index is 0.879. The van der Waals surface area contributed by atoms with Crippen molar-refractivity contribution in [3.8, 4) is 0 Å². The van der Waals surface area contributed by atoms with Gasteiger partial charge in [0.05, 0.1) is 0 Å². The molecular formula is C17H39N4P. The predicted octanol–water partition coefficient (Wildman–Crippen LogP) is 5.14. The van der Waals surface area contributed by atoms with Crippen LogP contribution in [0, 0.1) is 0 Å². The third-order valence-corrected chi connectivity index (χ3v) is 10.2. The molecule has 5 heteroatoms. The molecule has 0 saturated carbocycles. The molecule has 0 aliphatic carbocycles. The minimum Gasteiger partial charge on any atom is -0.246 e. The summed E-state index contributed by atoms with van der Waals surface area (Å²) < 4.78 is 0. The summed E-state index contributed by atoms with van der Waals surface area (Å²) in [6, 6.07) is 0. The van der Waals surface area contributed by atoms with E-state index >= 15 is 0 Å². The third-order valence-electron chi connectivity index (χ3n) is 4.51. The van der Waals surface area contributed by atoms with E-state index in [1.54, 1.807) is 24.6 Å². The van der Waals surface area contributed by atoms with E-state index in [1.165, 1.54) is 57.7 Å². The van der Waals surface area contributed by atoms with Crippen molar-refractivity contribution in [1.29, 1.82) is 0 Å². The quantitative estimate of drug-likeness (QED) is 0.540. The van der Waals surface area contributed by atoms with Crippen molar-refractivity contribution in [3.63, 3.8) is 0 Å². The van der Waals surface area contributed by atoms with Gasteiger partial charge >= 0.3 is 111 Å². The first-order valence-electron chi connectivity index (χ1n) is 9.41. The molecule has 1 aromatic heterocycles. The molecule has 0 radical (unpaired) electrons. The number of nitrogens with one attached hydrogen (secondary N) is 1. The van der Waals surface area contributed by atoms with Gasteiger partial charge in [-0.05, 0) is 10.4 Å². The number of hydrogen-bond donors (Lipinski definition) is 1. The van der Waals surface area contributed by atoms with E-state index < -0.39 is 7.26 Å². The third kappa shape index (κ3) is 11.1. The van der Waals surface area contributed by atoms with E-state index in [0.717, 1.165) is 0 Å². The zero-order chi connectivity index (χ0) is 16.5. The first-order chi connectivity index (χ1) is 10.7. The number of hydrogen-bond acceptors (Lipinski definition) is 3. The SMILES string of the molecule is CCCC[PH](CCCC)(CCCC)CCCC.c1nnn[nH]1. The predicted molar refractivity (Wildman–Crippen MR) is 102 cm³/mol. The number of tetrazole rings is 1. The van der Waals surface area contributed by atoms with E-state index in [0.29, 0.717) is 0 Å². The van der Waals surface area contributed by atoms with Crippen molar-refractivity contribution in [2.75, 3.05) is 24.6 Å². The van der Waals surface area contributed by atoms with Gasteiger partial charge in [0, 0.05) is 0 Å². The van der Waals surface area contributed by atoms with Crippen LogP contribution in [0.4, 0.5) is 0 Å². The molecule has 0 atom stereocenters. The van der Waals surface area contributed by atoms with Crippen LogP contribution in [0.25, 0.3) is 0 Å². The fourth-order valence-electron chi connectivity index (χ4n) is 3.09. The van der Waals surface area contributed by atoms with Crippen molar-refractivity contribution in [3.05, 3.63) is 6.33 Å². The normalized spacial score (nSPS) is 11.8. The summed E-state index contributed by atoms with van der Waals surface area (Å²) in [5.74, 6) is 0. The van der Waals surface area contributed by atoms with Crippen molar-refractivity contribution < 1.29 is 0 Å². The zero-order valence-corrected chi connectivity index (χ0v) is 16.4. The van der Waals surface area contributed by atoms with E-state index in [4.69, 9.17) is 0 Å². The largest absolute Gasteiger partial charge is 0.246 e. The van der Waals surface area contributed by atoms with Crippen LogP contribution in [0.2, 0.25) is 0 Å². The Morgan fingerprint density at radius 2 is 1.14 bits per heavy atom. The summed E-state index contributed by atoms with van der Waals surface area (Å²) in [7, 11) is -0.879. The van der Waals surface area contributed by atoms with Gasteiger partial charge in [0.1, 0.15) is 6.33 Å². The van der Waals surface area contributed by atoms with Gasteiger partial charge in [-0.3, -0.25) is 0 Å². The standard InChI is InChI=1S/C16H37P.CH2N4/c1-5-9-13-17(14-10-6-2,15-11-7-3)16-12-8-4;1-2-4-5-3-1/h17H,5-16H2,1-4H3;1H,(H,2,3,4,5). The molecule has 1 N–H and O–H groups in total. The van der Waals surface area contributed by atoms with E-state index in [9.17, 15) is 0 Å². The van der Waals surface area contributed by atoms with Gasteiger partial charge in [-0.15, -0.1) is 5.10 Å². The van der Waals surface area contributed by atoms with Gasteiger partial charge in [-0.2, -0.15) is 0 Å². The molecule has 0 amide bonds. The van der Waals surface area contributed by atoms with E-state index in [2.05, 4.69) is 48.3 Å². The van der Waals surface area contributed by atoms with E-state index in [1.807, 2.05) is 0 Å². The Bertz CT molecular complexity index is 249. The molecule has 0 aliphatic rings. The van der Waals surface area contributed by atoms with Crippen LogP contribution in [-0.4, -0.2) is 45.3 Å². The summed E-state index contributed by atoms with van der Waals surface area (Å²) in [6.07, 6.45) is 19.5. The second-order valence-electron chi connectivity index (χ2n) is 6.48. The minimum atomic E-state index is -0.879. The molecule has 0 aromatic carbocycles. The number of H-pyrrole nitrogens is 1. The molecule has 1 heterocycles. The van der Waals surface area contributed by atoms with Crippen LogP contribution in [0.1, 0.15) is 79.1 Å². The fraction of sp³-hybridized carbons (Fsp3) is 0.941. The van der Waals surface area contributed by atoms with Crippen molar-refractivity contribution >= 4 is 7.26 Å². The molecule has 0 saturated heterocycles. The first kappa shape index (κ1) is 21.5. The monoisotopic (exact) mass is 330 g/mol. The van der Waals surface area contributed by atoms with Crippen molar-refractivity contribution in [2.45, 2.75) is 79.1 Å². The van der Waals surface area contributed by atoms with Crippen LogP contribution in [0.15, 0.2) is 6.33 Å². The van der Waals surface area contributed by atoms with Gasteiger partial charge in [0.15, 0.2) is 0 Å². The van der Waals surface area contributed by atoms with Crippen molar-refractivity contribution in [2.24, 2.45) is 0 Å². The maximum Gasteiger partial charge on any atom is 0.135 e. The molecule has 0 fully saturated rings. The second kappa shape index (κ2) is 15.4. The molecule has 0 unspecified atom stereocenters. The van der Waals surface area contributed by atoms with Gasteiger partial charge in [-0.25, -0.2) is 5.10 Å². The number of unbranched alkanes of at least 4 members (excludes halogenated alkanes) is 4. The zero-order valence-electron chi connectivity index (χ0n) is 15.4. The number of nitrogens with zero attached hydrogens (tertiary/aromatic N) is 3. The molecule has 22 heavy (non-hydrogen) atoms. The van der Waals surface area contributed by atoms with Crippen LogP contribution in [0.3, 0.4) is 0 Å². The second-order valence-corrected chi connectivity index (χ2v) is 11.5. The molecular weight excluding hydrogens is 291 g/mol. The Balaban J connectivity index is 0.000000734. The average Bonchev–Trinajstić information content (AvgIpc) is 3.13. The summed E-state index contributed by atoms with van der Waals surface area (Å²) in [6.45, 7) is 9.44. The molecule has 0 aliphatic heterocycles. The van der Waals surface area contributed by atoms with E-state index in [-0.39, 0.29) is 0 Å². The Labute approximate surface area is 138 Å². The van der Waals surface area contributed by atoms with Crippen LogP contribution >= 0.6 is 7.26 Å². The maximum absolute atomic E-state index is 3.31.